The van der Waals surface area contributed by atoms with E-state index in [4.69, 9.17) is 4.74 Å². The number of aromatic nitrogens is 1. The van der Waals surface area contributed by atoms with E-state index in [0.29, 0.717) is 26.0 Å². The predicted octanol–water partition coefficient (Wildman–Crippen LogP) is 5.79. The third-order valence-corrected chi connectivity index (χ3v) is 7.12. The van der Waals surface area contributed by atoms with Crippen LogP contribution in [0.5, 0.6) is 0 Å². The Morgan fingerprint density at radius 2 is 2.06 bits per heavy atom. The quantitative estimate of drug-likeness (QED) is 0.602. The molecule has 1 aliphatic heterocycles. The molecule has 0 N–H and O–H groups in total. The van der Waals surface area contributed by atoms with Gasteiger partial charge in [0, 0.05) is 36.6 Å². The molecule has 3 aliphatic rings. The summed E-state index contributed by atoms with van der Waals surface area (Å²) in [5.41, 5.74) is 2.30. The summed E-state index contributed by atoms with van der Waals surface area (Å²) in [5, 5.41) is 0. The minimum Gasteiger partial charge on any atom is -0.448 e. The SMILES string of the molecule is O=C1OCCN1[C@@H]1C[C@@H]2CC(F)(F)CC[C@H]2[C@@H]1C=Cc1ccc(-c2cccc(F)c2)cn1. The van der Waals surface area contributed by atoms with Crippen molar-refractivity contribution in [1.29, 1.82) is 0 Å². The molecular formula is C25H25F3N2O2. The van der Waals surface area contributed by atoms with E-state index in [0.717, 1.165) is 16.8 Å². The average molecular weight is 442 g/mol. The van der Waals surface area contributed by atoms with Crippen LogP contribution < -0.4 is 0 Å². The van der Waals surface area contributed by atoms with E-state index in [1.165, 1.54) is 12.1 Å². The molecule has 1 aromatic carbocycles. The third kappa shape index (κ3) is 4.12. The Labute approximate surface area is 185 Å². The van der Waals surface area contributed by atoms with Gasteiger partial charge in [-0.15, -0.1) is 0 Å². The van der Waals surface area contributed by atoms with Crippen LogP contribution in [0.4, 0.5) is 18.0 Å². The van der Waals surface area contributed by atoms with Crippen molar-refractivity contribution in [3.63, 3.8) is 0 Å². The van der Waals surface area contributed by atoms with Gasteiger partial charge in [-0.2, -0.15) is 0 Å². The molecule has 0 bridgehead atoms. The first kappa shape index (κ1) is 21.0. The molecule has 4 nitrogen and oxygen atoms in total. The largest absolute Gasteiger partial charge is 0.448 e. The molecule has 2 heterocycles. The zero-order chi connectivity index (χ0) is 22.3. The van der Waals surface area contributed by atoms with Crippen molar-refractivity contribution in [1.82, 2.24) is 9.88 Å². The molecule has 2 aliphatic carbocycles. The van der Waals surface area contributed by atoms with Crippen LogP contribution in [0, 0.1) is 23.6 Å². The van der Waals surface area contributed by atoms with Gasteiger partial charge in [-0.3, -0.25) is 4.98 Å². The highest BCUT2D eigenvalue weighted by atomic mass is 19.3. The Balaban J connectivity index is 1.37. The number of halogens is 3. The van der Waals surface area contributed by atoms with Gasteiger partial charge in [0.15, 0.2) is 0 Å². The maximum absolute atomic E-state index is 14.0. The summed E-state index contributed by atoms with van der Waals surface area (Å²) in [4.78, 5) is 18.4. The van der Waals surface area contributed by atoms with Crippen LogP contribution in [0.1, 0.15) is 31.4 Å². The average Bonchev–Trinajstić information content (AvgIpc) is 3.34. The van der Waals surface area contributed by atoms with Gasteiger partial charge in [0.1, 0.15) is 12.4 Å². The van der Waals surface area contributed by atoms with E-state index >= 15 is 0 Å². The van der Waals surface area contributed by atoms with Gasteiger partial charge < -0.3 is 9.64 Å². The highest BCUT2D eigenvalue weighted by molar-refractivity contribution is 5.70. The second-order valence-electron chi connectivity index (χ2n) is 9.05. The van der Waals surface area contributed by atoms with E-state index in [2.05, 4.69) is 4.98 Å². The molecular weight excluding hydrogens is 417 g/mol. The van der Waals surface area contributed by atoms with Crippen LogP contribution in [0.15, 0.2) is 48.7 Å². The molecule has 3 fully saturated rings. The number of hydrogen-bond acceptors (Lipinski definition) is 3. The topological polar surface area (TPSA) is 42.4 Å². The molecule has 0 unspecified atom stereocenters. The lowest BCUT2D eigenvalue weighted by Crippen LogP contribution is -2.39. The van der Waals surface area contributed by atoms with Crippen LogP contribution in [-0.2, 0) is 4.74 Å². The summed E-state index contributed by atoms with van der Waals surface area (Å²) in [7, 11) is 0. The Bertz CT molecular complexity index is 1020. The Hall–Kier alpha value is -2.83. The zero-order valence-electron chi connectivity index (χ0n) is 17.6. The highest BCUT2D eigenvalue weighted by Crippen LogP contribution is 2.52. The van der Waals surface area contributed by atoms with Crippen LogP contribution in [0.2, 0.25) is 0 Å². The minimum atomic E-state index is -2.62. The van der Waals surface area contributed by atoms with Gasteiger partial charge in [0.2, 0.25) is 5.92 Å². The van der Waals surface area contributed by atoms with E-state index in [1.807, 2.05) is 30.4 Å². The molecule has 1 saturated heterocycles. The van der Waals surface area contributed by atoms with Crippen molar-refractivity contribution in [3.8, 4) is 11.1 Å². The van der Waals surface area contributed by atoms with E-state index in [-0.39, 0.29) is 48.5 Å². The van der Waals surface area contributed by atoms with E-state index in [1.54, 1.807) is 17.2 Å². The molecule has 2 saturated carbocycles. The normalized spacial score (nSPS) is 29.3. The van der Waals surface area contributed by atoms with Crippen LogP contribution in [0.25, 0.3) is 17.2 Å². The second kappa shape index (κ2) is 8.26. The lowest BCUT2D eigenvalue weighted by atomic mass is 9.76. The maximum Gasteiger partial charge on any atom is 0.410 e. The number of nitrogens with zero attached hydrogens (tertiary/aromatic N) is 2. The molecule has 5 rings (SSSR count). The fraction of sp³-hybridized carbons (Fsp3) is 0.440. The summed E-state index contributed by atoms with van der Waals surface area (Å²) < 4.78 is 46.7. The fourth-order valence-corrected chi connectivity index (χ4v) is 5.63. The van der Waals surface area contributed by atoms with Crippen molar-refractivity contribution < 1.29 is 22.7 Å². The third-order valence-electron chi connectivity index (χ3n) is 7.12. The minimum absolute atomic E-state index is 0.00792. The highest BCUT2D eigenvalue weighted by Gasteiger charge is 2.52. The van der Waals surface area contributed by atoms with Gasteiger partial charge >= 0.3 is 6.09 Å². The molecule has 0 radical (unpaired) electrons. The first-order valence-corrected chi connectivity index (χ1v) is 11.1. The molecule has 32 heavy (non-hydrogen) atoms. The Kier molecular flexibility index (Phi) is 5.43. The number of benzene rings is 1. The number of cyclic esters (lactones) is 1. The summed E-state index contributed by atoms with van der Waals surface area (Å²) in [6.07, 6.45) is 6.11. The first-order valence-electron chi connectivity index (χ1n) is 11.1. The number of carbonyl (C=O) groups is 1. The standard InChI is InChI=1S/C25H25F3N2O2/c26-19-3-1-2-16(12-19)17-4-5-20(29-15-17)6-7-22-21-8-9-25(27,28)14-18(21)13-23(22)30-10-11-32-24(30)31/h1-7,12,15,18,21-23H,8-11,13-14H2/t18-,21-,22+,23-/m1/s1. The number of ether oxygens (including phenoxy) is 1. The van der Waals surface area contributed by atoms with E-state index < -0.39 is 5.92 Å². The molecule has 4 atom stereocenters. The molecule has 168 valence electrons. The monoisotopic (exact) mass is 442 g/mol. The number of alkyl halides is 2. The second-order valence-corrected chi connectivity index (χ2v) is 9.05. The van der Waals surface area contributed by atoms with Gasteiger partial charge in [0.05, 0.1) is 12.2 Å². The van der Waals surface area contributed by atoms with Crippen LogP contribution in [0.3, 0.4) is 0 Å². The number of pyridine rings is 1. The lowest BCUT2D eigenvalue weighted by molar-refractivity contribution is -0.0659. The number of amides is 1. The summed E-state index contributed by atoms with van der Waals surface area (Å²) in [6, 6.07) is 9.96. The molecule has 2 aromatic rings. The number of rotatable bonds is 4. The predicted molar refractivity (Wildman–Crippen MR) is 114 cm³/mol. The number of carbonyl (C=O) groups excluding carboxylic acids is 1. The van der Waals surface area contributed by atoms with Gasteiger partial charge in [-0.25, -0.2) is 18.0 Å². The first-order chi connectivity index (χ1) is 15.4. The lowest BCUT2D eigenvalue weighted by Gasteiger charge is -2.33. The van der Waals surface area contributed by atoms with Crippen molar-refractivity contribution in [2.75, 3.05) is 13.2 Å². The fourth-order valence-electron chi connectivity index (χ4n) is 5.63. The number of fused-ring (bicyclic) bond motifs is 1. The molecule has 0 spiro atoms. The molecule has 7 heteroatoms. The number of hydrogen-bond donors (Lipinski definition) is 0. The summed E-state index contributed by atoms with van der Waals surface area (Å²) in [6.45, 7) is 0.852. The Morgan fingerprint density at radius 1 is 1.19 bits per heavy atom. The van der Waals surface area contributed by atoms with E-state index in [9.17, 15) is 18.0 Å². The van der Waals surface area contributed by atoms with Gasteiger partial charge in [0.25, 0.3) is 0 Å². The summed E-state index contributed by atoms with van der Waals surface area (Å²) in [5.74, 6) is -2.91. The van der Waals surface area contributed by atoms with Gasteiger partial charge in [-0.05, 0) is 54.5 Å². The van der Waals surface area contributed by atoms with Crippen molar-refractivity contribution >= 4 is 12.2 Å². The zero-order valence-corrected chi connectivity index (χ0v) is 17.6. The van der Waals surface area contributed by atoms with Crippen molar-refractivity contribution in [3.05, 3.63) is 60.2 Å². The van der Waals surface area contributed by atoms with Gasteiger partial charge in [-0.1, -0.05) is 24.3 Å². The smallest absolute Gasteiger partial charge is 0.410 e. The van der Waals surface area contributed by atoms with Crippen molar-refractivity contribution in [2.45, 2.75) is 37.6 Å². The molecule has 1 amide bonds. The van der Waals surface area contributed by atoms with Crippen molar-refractivity contribution in [2.24, 2.45) is 17.8 Å². The molecule has 1 aromatic heterocycles. The summed E-state index contributed by atoms with van der Waals surface area (Å²) >= 11 is 0. The Morgan fingerprint density at radius 3 is 2.78 bits per heavy atom. The maximum atomic E-state index is 14.0. The van der Waals surface area contributed by atoms with Crippen LogP contribution in [-0.4, -0.2) is 41.1 Å². The van der Waals surface area contributed by atoms with Crippen LogP contribution >= 0.6 is 0 Å².